The average molecular weight is 587 g/mol. The van der Waals surface area contributed by atoms with Crippen molar-refractivity contribution in [2.75, 3.05) is 45.9 Å². The molecule has 250 valence electrons. The summed E-state index contributed by atoms with van der Waals surface area (Å²) in [6, 6.07) is 0. The molecule has 0 fully saturated rings. The molecular formula is C35H79BN2O3. The third-order valence-corrected chi connectivity index (χ3v) is 7.48. The van der Waals surface area contributed by atoms with Gasteiger partial charge in [0.15, 0.2) is 0 Å². The van der Waals surface area contributed by atoms with Gasteiger partial charge in [-0.05, 0) is 84.2 Å². The van der Waals surface area contributed by atoms with Crippen molar-refractivity contribution >= 4 is 7.32 Å². The highest BCUT2D eigenvalue weighted by molar-refractivity contribution is 6.32. The molecule has 0 amide bonds. The predicted molar refractivity (Wildman–Crippen MR) is 186 cm³/mol. The second-order valence-corrected chi connectivity index (χ2v) is 11.8. The Labute approximate surface area is 260 Å². The molecule has 0 aromatic carbocycles. The highest BCUT2D eigenvalue weighted by atomic mass is 16.6. The Kier molecular flexibility index (Phi) is 46.4. The van der Waals surface area contributed by atoms with Crippen LogP contribution in [0.15, 0.2) is 0 Å². The van der Waals surface area contributed by atoms with Crippen LogP contribution in [0.5, 0.6) is 0 Å². The summed E-state index contributed by atoms with van der Waals surface area (Å²) in [6.07, 6.45) is 27.5. The molecule has 0 atom stereocenters. The smallest absolute Gasteiger partial charge is 0.402 e. The molecule has 0 aromatic rings. The van der Waals surface area contributed by atoms with Gasteiger partial charge in [0.2, 0.25) is 0 Å². The fourth-order valence-electron chi connectivity index (χ4n) is 4.56. The highest BCUT2D eigenvalue weighted by Gasteiger charge is 2.06. The van der Waals surface area contributed by atoms with Crippen molar-refractivity contribution in [3.05, 3.63) is 0 Å². The van der Waals surface area contributed by atoms with Gasteiger partial charge in [0.05, 0.1) is 0 Å². The van der Waals surface area contributed by atoms with Crippen LogP contribution in [0.1, 0.15) is 183 Å². The van der Waals surface area contributed by atoms with Gasteiger partial charge in [-0.25, -0.2) is 0 Å². The van der Waals surface area contributed by atoms with Crippen LogP contribution in [-0.4, -0.2) is 73.0 Å². The van der Waals surface area contributed by atoms with Crippen LogP contribution in [0.3, 0.4) is 0 Å². The molecule has 0 radical (unpaired) electrons. The first-order chi connectivity index (χ1) is 20.0. The van der Waals surface area contributed by atoms with Gasteiger partial charge in [-0.15, -0.1) is 0 Å². The summed E-state index contributed by atoms with van der Waals surface area (Å²) in [7, 11) is -1.60. The number of unbranched alkanes of at least 4 members (excludes halogenated alkanes) is 14. The molecule has 5 nitrogen and oxygen atoms in total. The fraction of sp³-hybridized carbons (Fsp3) is 1.00. The molecular weight excluding hydrogens is 507 g/mol. The summed E-state index contributed by atoms with van der Waals surface area (Å²) < 4.78 is 4.61. The minimum atomic E-state index is -1.60. The molecule has 0 saturated carbocycles. The Hall–Kier alpha value is -0.135. The highest BCUT2D eigenvalue weighted by Crippen LogP contribution is 2.09. The summed E-state index contributed by atoms with van der Waals surface area (Å²) in [5, 5.41) is 16.8. The quantitative estimate of drug-likeness (QED) is 0.0675. The van der Waals surface area contributed by atoms with Gasteiger partial charge < -0.3 is 24.5 Å². The Balaban J connectivity index is -0.000000530. The van der Waals surface area contributed by atoms with Crippen LogP contribution in [0.4, 0.5) is 0 Å². The van der Waals surface area contributed by atoms with Crippen LogP contribution >= 0.6 is 0 Å². The van der Waals surface area contributed by atoms with Crippen molar-refractivity contribution in [3.8, 4) is 0 Å². The molecule has 0 aromatic heterocycles. The molecule has 0 unspecified atom stereocenters. The zero-order chi connectivity index (χ0) is 31.2. The third kappa shape index (κ3) is 44.4. The molecule has 0 spiro atoms. The van der Waals surface area contributed by atoms with Crippen molar-refractivity contribution in [1.29, 1.82) is 0 Å². The topological polar surface area (TPSA) is 56.2 Å². The lowest BCUT2D eigenvalue weighted by atomic mass is 10.1. The van der Waals surface area contributed by atoms with Gasteiger partial charge in [-0.3, -0.25) is 0 Å². The van der Waals surface area contributed by atoms with Gasteiger partial charge in [0.1, 0.15) is 0 Å². The van der Waals surface area contributed by atoms with Gasteiger partial charge in [-0.2, -0.15) is 0 Å². The van der Waals surface area contributed by atoms with E-state index in [9.17, 15) is 0 Å². The third-order valence-electron chi connectivity index (χ3n) is 7.48. The van der Waals surface area contributed by atoms with E-state index in [2.05, 4.69) is 62.9 Å². The van der Waals surface area contributed by atoms with E-state index in [4.69, 9.17) is 10.0 Å². The second kappa shape index (κ2) is 42.0. The number of hydrogen-bond acceptors (Lipinski definition) is 5. The normalized spacial score (nSPS) is 10.9. The molecule has 0 saturated heterocycles. The maximum atomic E-state index is 8.41. The molecule has 0 aliphatic carbocycles. The van der Waals surface area contributed by atoms with Crippen molar-refractivity contribution in [3.63, 3.8) is 0 Å². The van der Waals surface area contributed by atoms with E-state index in [0.717, 1.165) is 12.8 Å². The van der Waals surface area contributed by atoms with Crippen LogP contribution < -0.4 is 0 Å². The number of hydrogen-bond donors (Lipinski definition) is 2. The minimum absolute atomic E-state index is 0.452. The zero-order valence-electron chi connectivity index (χ0n) is 29.6. The van der Waals surface area contributed by atoms with E-state index in [1.165, 1.54) is 161 Å². The van der Waals surface area contributed by atoms with Gasteiger partial charge >= 0.3 is 7.32 Å². The standard InChI is InChI=1S/2C12H27N.C11H25BO3/c2*1-4-7-10-13(11-8-5-2)12-9-6-3;1-2-3-4-5-6-7-8-9-10-11-15-12(13)14/h2*4-12H2,1-3H3;13-14H,2-11H2,1H3. The Morgan fingerprint density at radius 1 is 0.366 bits per heavy atom. The number of nitrogens with zero attached hydrogens (tertiary/aromatic N) is 2. The Morgan fingerprint density at radius 3 is 0.854 bits per heavy atom. The molecule has 6 heteroatoms. The van der Waals surface area contributed by atoms with E-state index in [1.54, 1.807) is 0 Å². The Morgan fingerprint density at radius 2 is 0.610 bits per heavy atom. The van der Waals surface area contributed by atoms with E-state index < -0.39 is 7.32 Å². The first-order valence-electron chi connectivity index (χ1n) is 18.4. The molecule has 2 N–H and O–H groups in total. The summed E-state index contributed by atoms with van der Waals surface area (Å²) >= 11 is 0. The van der Waals surface area contributed by atoms with E-state index in [-0.39, 0.29) is 0 Å². The first-order valence-corrected chi connectivity index (χ1v) is 18.4. The van der Waals surface area contributed by atoms with Crippen molar-refractivity contribution in [2.24, 2.45) is 0 Å². The lowest BCUT2D eigenvalue weighted by Crippen LogP contribution is -2.27. The summed E-state index contributed by atoms with van der Waals surface area (Å²) in [4.78, 5) is 5.27. The maximum absolute atomic E-state index is 8.41. The average Bonchev–Trinajstić information content (AvgIpc) is 2.98. The summed E-state index contributed by atoms with van der Waals surface area (Å²) in [5.74, 6) is 0. The first kappa shape index (κ1) is 45.3. The van der Waals surface area contributed by atoms with E-state index in [1.807, 2.05) is 0 Å². The van der Waals surface area contributed by atoms with Crippen LogP contribution in [0, 0.1) is 0 Å². The lowest BCUT2D eigenvalue weighted by Gasteiger charge is -2.21. The Bertz CT molecular complexity index is 368. The largest absolute Gasteiger partial charge is 0.633 e. The SMILES string of the molecule is CCCCCCCCCCCOB(O)O.CCCCN(CCCC)CCCC.CCCCN(CCCC)CCCC. The van der Waals surface area contributed by atoms with E-state index >= 15 is 0 Å². The zero-order valence-corrected chi connectivity index (χ0v) is 29.6. The second-order valence-electron chi connectivity index (χ2n) is 11.8. The van der Waals surface area contributed by atoms with Crippen molar-refractivity contribution in [2.45, 2.75) is 183 Å². The van der Waals surface area contributed by atoms with Gasteiger partial charge in [0.25, 0.3) is 0 Å². The fourth-order valence-corrected chi connectivity index (χ4v) is 4.56. The molecule has 0 aliphatic rings. The van der Waals surface area contributed by atoms with Crippen molar-refractivity contribution in [1.82, 2.24) is 9.80 Å². The summed E-state index contributed by atoms with van der Waals surface area (Å²) in [6.45, 7) is 24.2. The van der Waals surface area contributed by atoms with Gasteiger partial charge in [-0.1, -0.05) is 138 Å². The molecule has 0 rings (SSSR count). The maximum Gasteiger partial charge on any atom is 0.633 e. The minimum Gasteiger partial charge on any atom is -0.402 e. The van der Waals surface area contributed by atoms with Crippen LogP contribution in [0.25, 0.3) is 0 Å². The number of rotatable bonds is 29. The monoisotopic (exact) mass is 587 g/mol. The van der Waals surface area contributed by atoms with Crippen molar-refractivity contribution < 1.29 is 14.7 Å². The molecule has 0 bridgehead atoms. The molecule has 41 heavy (non-hydrogen) atoms. The van der Waals surface area contributed by atoms with Gasteiger partial charge in [0, 0.05) is 6.61 Å². The van der Waals surface area contributed by atoms with Crippen LogP contribution in [0.2, 0.25) is 0 Å². The lowest BCUT2D eigenvalue weighted by molar-refractivity contribution is 0.182. The van der Waals surface area contributed by atoms with E-state index in [0.29, 0.717) is 6.61 Å². The summed E-state index contributed by atoms with van der Waals surface area (Å²) in [5.41, 5.74) is 0. The molecule has 0 heterocycles. The predicted octanol–water partition coefficient (Wildman–Crippen LogP) is 9.88. The molecule has 0 aliphatic heterocycles. The van der Waals surface area contributed by atoms with Crippen LogP contribution in [-0.2, 0) is 4.65 Å².